The van der Waals surface area contributed by atoms with Gasteiger partial charge in [-0.05, 0) is 62.6 Å². The van der Waals surface area contributed by atoms with E-state index in [2.05, 4.69) is 6.92 Å². The second-order valence-electron chi connectivity index (χ2n) is 8.86. The highest BCUT2D eigenvalue weighted by atomic mass is 32.2. The van der Waals surface area contributed by atoms with Crippen LogP contribution in [0, 0.1) is 5.92 Å². The van der Waals surface area contributed by atoms with Crippen LogP contribution < -0.4 is 8.92 Å². The number of alkyl halides is 3. The quantitative estimate of drug-likeness (QED) is 0.296. The van der Waals surface area contributed by atoms with Crippen molar-refractivity contribution in [3.05, 3.63) is 53.6 Å². The van der Waals surface area contributed by atoms with Gasteiger partial charge in [0.2, 0.25) is 5.91 Å². The summed E-state index contributed by atoms with van der Waals surface area (Å²) >= 11 is 0. The standard InChI is InChI=1S/C26H34F3NO5S/c1-6-8-10-20(7-2)25(31)30(18(3)4)17-19-13-14-23(34-5)24(15-19)35-36(32,33)22-12-9-11-21(16-22)26(27,28)29/h9,11-16,18,20H,6-8,10,17H2,1-5H3/t20-/m1/s1. The van der Waals surface area contributed by atoms with E-state index in [1.807, 2.05) is 20.8 Å². The van der Waals surface area contributed by atoms with Gasteiger partial charge in [-0.2, -0.15) is 21.6 Å². The zero-order valence-electron chi connectivity index (χ0n) is 21.3. The van der Waals surface area contributed by atoms with Crippen LogP contribution in [-0.2, 0) is 27.6 Å². The van der Waals surface area contributed by atoms with Gasteiger partial charge in [-0.25, -0.2) is 0 Å². The third-order valence-corrected chi connectivity index (χ3v) is 7.12. The Balaban J connectivity index is 2.36. The lowest BCUT2D eigenvalue weighted by atomic mass is 9.97. The Hall–Kier alpha value is -2.75. The first-order chi connectivity index (χ1) is 16.8. The van der Waals surface area contributed by atoms with E-state index < -0.39 is 26.8 Å². The van der Waals surface area contributed by atoms with Crippen LogP contribution in [0.5, 0.6) is 11.5 Å². The number of carbonyl (C=O) groups is 1. The summed E-state index contributed by atoms with van der Waals surface area (Å²) in [6.45, 7) is 8.08. The molecule has 0 unspecified atom stereocenters. The minimum Gasteiger partial charge on any atom is -0.493 e. The van der Waals surface area contributed by atoms with Crippen LogP contribution in [0.15, 0.2) is 47.4 Å². The summed E-state index contributed by atoms with van der Waals surface area (Å²) in [6, 6.07) is 7.85. The maximum Gasteiger partial charge on any atom is 0.416 e. The van der Waals surface area contributed by atoms with Crippen LogP contribution in [0.2, 0.25) is 0 Å². The molecule has 0 bridgehead atoms. The molecule has 0 spiro atoms. The lowest BCUT2D eigenvalue weighted by Crippen LogP contribution is -2.40. The number of ether oxygens (including phenoxy) is 1. The first kappa shape index (κ1) is 29.5. The molecule has 0 saturated carbocycles. The molecule has 2 aromatic carbocycles. The number of methoxy groups -OCH3 is 1. The molecule has 6 nitrogen and oxygen atoms in total. The van der Waals surface area contributed by atoms with Crippen molar-refractivity contribution < 1.29 is 35.3 Å². The molecule has 1 amide bonds. The second-order valence-corrected chi connectivity index (χ2v) is 10.4. The molecular formula is C26H34F3NO5S. The summed E-state index contributed by atoms with van der Waals surface area (Å²) in [6.07, 6.45) is -1.26. The zero-order chi connectivity index (χ0) is 27.1. The van der Waals surface area contributed by atoms with E-state index in [9.17, 15) is 26.4 Å². The van der Waals surface area contributed by atoms with Crippen LogP contribution in [-0.4, -0.2) is 32.4 Å². The summed E-state index contributed by atoms with van der Waals surface area (Å²) in [5.41, 5.74) is -0.509. The summed E-state index contributed by atoms with van der Waals surface area (Å²) in [5.74, 6) is -0.175. The molecule has 0 saturated heterocycles. The van der Waals surface area contributed by atoms with Gasteiger partial charge in [0, 0.05) is 18.5 Å². The second kappa shape index (κ2) is 12.5. The van der Waals surface area contributed by atoms with Gasteiger partial charge in [-0.1, -0.05) is 38.8 Å². The molecule has 0 aromatic heterocycles. The number of halogens is 3. The van der Waals surface area contributed by atoms with Crippen molar-refractivity contribution in [2.75, 3.05) is 7.11 Å². The van der Waals surface area contributed by atoms with Crippen LogP contribution in [0.4, 0.5) is 13.2 Å². The van der Waals surface area contributed by atoms with Crippen molar-refractivity contribution in [3.8, 4) is 11.5 Å². The molecule has 0 aliphatic carbocycles. The van der Waals surface area contributed by atoms with Gasteiger partial charge in [0.25, 0.3) is 0 Å². The molecule has 0 N–H and O–H groups in total. The average molecular weight is 530 g/mol. The minimum atomic E-state index is -4.70. The van der Waals surface area contributed by atoms with Crippen molar-refractivity contribution in [3.63, 3.8) is 0 Å². The zero-order valence-corrected chi connectivity index (χ0v) is 22.1. The number of hydrogen-bond donors (Lipinski definition) is 0. The first-order valence-electron chi connectivity index (χ1n) is 11.9. The number of hydrogen-bond acceptors (Lipinski definition) is 5. The van der Waals surface area contributed by atoms with E-state index in [0.29, 0.717) is 18.1 Å². The molecule has 10 heteroatoms. The van der Waals surface area contributed by atoms with Crippen LogP contribution >= 0.6 is 0 Å². The van der Waals surface area contributed by atoms with E-state index in [4.69, 9.17) is 8.92 Å². The van der Waals surface area contributed by atoms with Gasteiger partial charge in [0.15, 0.2) is 11.5 Å². The van der Waals surface area contributed by atoms with E-state index in [1.54, 1.807) is 11.0 Å². The van der Waals surface area contributed by atoms with Gasteiger partial charge in [-0.3, -0.25) is 4.79 Å². The van der Waals surface area contributed by atoms with Crippen molar-refractivity contribution in [1.82, 2.24) is 4.90 Å². The van der Waals surface area contributed by atoms with Crippen molar-refractivity contribution >= 4 is 16.0 Å². The Labute approximate surface area is 211 Å². The SMILES string of the molecule is CCCC[C@@H](CC)C(=O)N(Cc1ccc(OC)c(OS(=O)(=O)c2cccc(C(F)(F)F)c2)c1)C(C)C. The monoisotopic (exact) mass is 529 g/mol. The first-order valence-corrected chi connectivity index (χ1v) is 13.3. The molecule has 200 valence electrons. The van der Waals surface area contributed by atoms with Crippen molar-refractivity contribution in [1.29, 1.82) is 0 Å². The van der Waals surface area contributed by atoms with E-state index in [0.717, 1.165) is 37.5 Å². The predicted molar refractivity (Wildman–Crippen MR) is 131 cm³/mol. The molecule has 1 atom stereocenters. The average Bonchev–Trinajstić information content (AvgIpc) is 2.82. The molecule has 2 aromatic rings. The Bertz CT molecular complexity index is 1130. The van der Waals surface area contributed by atoms with Gasteiger partial charge in [0.1, 0.15) is 4.90 Å². The van der Waals surface area contributed by atoms with Gasteiger partial charge >= 0.3 is 16.3 Å². The van der Waals surface area contributed by atoms with Crippen LogP contribution in [0.25, 0.3) is 0 Å². The molecule has 0 aliphatic rings. The molecule has 0 heterocycles. The van der Waals surface area contributed by atoms with Crippen molar-refractivity contribution in [2.24, 2.45) is 5.92 Å². The number of rotatable bonds is 12. The maximum absolute atomic E-state index is 13.2. The van der Waals surface area contributed by atoms with E-state index in [-0.39, 0.29) is 35.9 Å². The smallest absolute Gasteiger partial charge is 0.416 e. The number of benzene rings is 2. The molecule has 0 fully saturated rings. The number of unbranched alkanes of at least 4 members (excludes halogenated alkanes) is 1. The lowest BCUT2D eigenvalue weighted by Gasteiger charge is -2.31. The van der Waals surface area contributed by atoms with Crippen LogP contribution in [0.3, 0.4) is 0 Å². The topological polar surface area (TPSA) is 72.9 Å². The highest BCUT2D eigenvalue weighted by molar-refractivity contribution is 7.87. The highest BCUT2D eigenvalue weighted by Crippen LogP contribution is 2.34. The number of amides is 1. The third kappa shape index (κ3) is 7.62. The number of nitrogens with zero attached hydrogens (tertiary/aromatic N) is 1. The van der Waals surface area contributed by atoms with E-state index >= 15 is 0 Å². The summed E-state index contributed by atoms with van der Waals surface area (Å²) < 4.78 is 75.3. The van der Waals surface area contributed by atoms with Crippen LogP contribution in [0.1, 0.15) is 64.5 Å². The molecule has 36 heavy (non-hydrogen) atoms. The molecule has 0 radical (unpaired) electrons. The summed E-state index contributed by atoms with van der Waals surface area (Å²) in [7, 11) is -3.27. The van der Waals surface area contributed by atoms with Gasteiger partial charge < -0.3 is 13.8 Å². The largest absolute Gasteiger partial charge is 0.493 e. The predicted octanol–water partition coefficient (Wildman–Crippen LogP) is 6.44. The van der Waals surface area contributed by atoms with Gasteiger partial charge in [-0.15, -0.1) is 0 Å². The normalized spacial score (nSPS) is 12.9. The maximum atomic E-state index is 13.2. The Kier molecular flexibility index (Phi) is 10.2. The van der Waals surface area contributed by atoms with Crippen molar-refractivity contribution in [2.45, 2.75) is 77.0 Å². The van der Waals surface area contributed by atoms with Gasteiger partial charge in [0.05, 0.1) is 12.7 Å². The summed E-state index contributed by atoms with van der Waals surface area (Å²) in [4.78, 5) is 14.3. The number of carbonyl (C=O) groups excluding carboxylic acids is 1. The molecular weight excluding hydrogens is 495 g/mol. The molecule has 0 aliphatic heterocycles. The third-order valence-electron chi connectivity index (χ3n) is 5.89. The fourth-order valence-corrected chi connectivity index (χ4v) is 4.76. The Morgan fingerprint density at radius 3 is 2.31 bits per heavy atom. The minimum absolute atomic E-state index is 0.0239. The van der Waals surface area contributed by atoms with E-state index in [1.165, 1.54) is 19.2 Å². The molecule has 2 rings (SSSR count). The fraction of sp³-hybridized carbons (Fsp3) is 0.500. The summed E-state index contributed by atoms with van der Waals surface area (Å²) in [5, 5.41) is 0. The lowest BCUT2D eigenvalue weighted by molar-refractivity contribution is -0.139. The highest BCUT2D eigenvalue weighted by Gasteiger charge is 2.32. The Morgan fingerprint density at radius 1 is 1.06 bits per heavy atom. The Morgan fingerprint density at radius 2 is 1.75 bits per heavy atom. The fourth-order valence-electron chi connectivity index (χ4n) is 3.78.